The highest BCUT2D eigenvalue weighted by Crippen LogP contribution is 2.35. The zero-order valence-electron chi connectivity index (χ0n) is 16.0. The standard InChI is InChI=1S/C24H18ClN3OS/c25-18-10-6-9-17(13-18)15-30-24-27-20-12-5-4-11-19(20)22-26-21(23(29)28(22)24)14-16-7-2-1-3-8-16/h1-13,21H,14-15H2/t21-/m0/s1. The van der Waals surface area contributed by atoms with Gasteiger partial charge in [0.2, 0.25) is 0 Å². The molecule has 0 aliphatic carbocycles. The van der Waals surface area contributed by atoms with Gasteiger partial charge in [0, 0.05) is 22.8 Å². The van der Waals surface area contributed by atoms with E-state index in [0.29, 0.717) is 28.2 Å². The van der Waals surface area contributed by atoms with E-state index in [4.69, 9.17) is 21.6 Å². The molecule has 4 nitrogen and oxygen atoms in total. The van der Waals surface area contributed by atoms with Crippen LogP contribution in [0.4, 0.5) is 5.69 Å². The van der Waals surface area contributed by atoms with Gasteiger partial charge in [-0.15, -0.1) is 0 Å². The average molecular weight is 432 g/mol. The summed E-state index contributed by atoms with van der Waals surface area (Å²) < 4.78 is 0. The number of hydrogen-bond acceptors (Lipinski definition) is 4. The molecule has 0 fully saturated rings. The fraction of sp³-hybridized carbons (Fsp3) is 0.125. The lowest BCUT2D eigenvalue weighted by molar-refractivity contribution is -0.124. The highest BCUT2D eigenvalue weighted by molar-refractivity contribution is 8.13. The van der Waals surface area contributed by atoms with E-state index < -0.39 is 6.04 Å². The van der Waals surface area contributed by atoms with Crippen LogP contribution in [0.2, 0.25) is 5.02 Å². The van der Waals surface area contributed by atoms with Crippen LogP contribution in [0.5, 0.6) is 0 Å². The number of hydrogen-bond donors (Lipinski definition) is 0. The molecule has 148 valence electrons. The van der Waals surface area contributed by atoms with Crippen molar-refractivity contribution in [1.82, 2.24) is 4.90 Å². The number of halogens is 1. The van der Waals surface area contributed by atoms with E-state index in [1.54, 1.807) is 4.90 Å². The number of carbonyl (C=O) groups is 1. The predicted octanol–water partition coefficient (Wildman–Crippen LogP) is 5.47. The molecular formula is C24H18ClN3OS. The topological polar surface area (TPSA) is 45.0 Å². The van der Waals surface area contributed by atoms with Gasteiger partial charge in [0.05, 0.1) is 5.69 Å². The van der Waals surface area contributed by atoms with E-state index in [1.807, 2.05) is 78.9 Å². The third-order valence-corrected chi connectivity index (χ3v) is 6.32. The van der Waals surface area contributed by atoms with Crippen LogP contribution in [0.3, 0.4) is 0 Å². The first-order valence-electron chi connectivity index (χ1n) is 9.70. The first kappa shape index (κ1) is 19.1. The van der Waals surface area contributed by atoms with Gasteiger partial charge < -0.3 is 0 Å². The number of rotatable bonds is 4. The van der Waals surface area contributed by atoms with Gasteiger partial charge in [-0.05, 0) is 35.4 Å². The maximum atomic E-state index is 13.3. The molecule has 0 unspecified atom stereocenters. The van der Waals surface area contributed by atoms with Gasteiger partial charge in [-0.25, -0.2) is 9.89 Å². The molecule has 3 aromatic carbocycles. The third-order valence-electron chi connectivity index (χ3n) is 5.08. The molecule has 30 heavy (non-hydrogen) atoms. The first-order valence-corrected chi connectivity index (χ1v) is 11.1. The molecule has 0 aromatic heterocycles. The van der Waals surface area contributed by atoms with Crippen molar-refractivity contribution in [1.29, 1.82) is 0 Å². The quantitative estimate of drug-likeness (QED) is 0.549. The number of aliphatic imine (C=N–C) groups is 2. The number of benzene rings is 3. The maximum Gasteiger partial charge on any atom is 0.259 e. The van der Waals surface area contributed by atoms with Crippen LogP contribution in [0.1, 0.15) is 16.7 Å². The van der Waals surface area contributed by atoms with Crippen LogP contribution in [0.25, 0.3) is 0 Å². The van der Waals surface area contributed by atoms with Crippen LogP contribution in [0, 0.1) is 0 Å². The van der Waals surface area contributed by atoms with E-state index in [9.17, 15) is 4.79 Å². The Kier molecular flexibility index (Phi) is 5.15. The van der Waals surface area contributed by atoms with Gasteiger partial charge in [0.25, 0.3) is 5.91 Å². The summed E-state index contributed by atoms with van der Waals surface area (Å²) in [5.74, 6) is 1.34. The molecule has 0 spiro atoms. The number of para-hydroxylation sites is 1. The fourth-order valence-corrected chi connectivity index (χ4v) is 4.80. The highest BCUT2D eigenvalue weighted by atomic mass is 35.5. The zero-order chi connectivity index (χ0) is 20.5. The smallest absolute Gasteiger partial charge is 0.259 e. The summed E-state index contributed by atoms with van der Waals surface area (Å²) in [5, 5.41) is 1.36. The van der Waals surface area contributed by atoms with Crippen molar-refractivity contribution in [2.24, 2.45) is 9.98 Å². The van der Waals surface area contributed by atoms with Crippen LogP contribution < -0.4 is 0 Å². The summed E-state index contributed by atoms with van der Waals surface area (Å²) in [7, 11) is 0. The Morgan fingerprint density at radius 3 is 2.53 bits per heavy atom. The molecule has 0 bridgehead atoms. The summed E-state index contributed by atoms with van der Waals surface area (Å²) in [6, 6.07) is 25.1. The summed E-state index contributed by atoms with van der Waals surface area (Å²) in [6.07, 6.45) is 0.577. The maximum absolute atomic E-state index is 13.3. The number of amidine groups is 2. The first-order chi connectivity index (χ1) is 14.7. The summed E-state index contributed by atoms with van der Waals surface area (Å²) in [5.41, 5.74) is 3.92. The summed E-state index contributed by atoms with van der Waals surface area (Å²) >= 11 is 7.65. The zero-order valence-corrected chi connectivity index (χ0v) is 17.6. The molecular weight excluding hydrogens is 414 g/mol. The average Bonchev–Trinajstić information content (AvgIpc) is 3.09. The molecule has 2 heterocycles. The van der Waals surface area contributed by atoms with Crippen molar-refractivity contribution in [2.75, 3.05) is 0 Å². The Morgan fingerprint density at radius 1 is 0.933 bits per heavy atom. The molecule has 2 aliphatic heterocycles. The van der Waals surface area contributed by atoms with Crippen LogP contribution in [0.15, 0.2) is 88.8 Å². The molecule has 3 aromatic rings. The highest BCUT2D eigenvalue weighted by Gasteiger charge is 2.41. The van der Waals surface area contributed by atoms with Crippen LogP contribution in [-0.2, 0) is 17.0 Å². The van der Waals surface area contributed by atoms with Gasteiger partial charge >= 0.3 is 0 Å². The van der Waals surface area contributed by atoms with Crippen molar-refractivity contribution in [2.45, 2.75) is 18.2 Å². The second kappa shape index (κ2) is 8.09. The fourth-order valence-electron chi connectivity index (χ4n) is 3.64. The Balaban J connectivity index is 1.46. The Labute approximate surface area is 184 Å². The van der Waals surface area contributed by atoms with Gasteiger partial charge in [-0.1, -0.05) is 78.0 Å². The minimum Gasteiger partial charge on any atom is -0.271 e. The van der Waals surface area contributed by atoms with E-state index >= 15 is 0 Å². The lowest BCUT2D eigenvalue weighted by atomic mass is 10.1. The lowest BCUT2D eigenvalue weighted by Gasteiger charge is -2.25. The number of carbonyl (C=O) groups excluding carboxylic acids is 1. The Bertz CT molecular complexity index is 1180. The number of nitrogens with zero attached hydrogens (tertiary/aromatic N) is 3. The number of thioether (sulfide) groups is 1. The molecule has 0 N–H and O–H groups in total. The van der Waals surface area contributed by atoms with Crippen LogP contribution in [-0.4, -0.2) is 27.9 Å². The van der Waals surface area contributed by atoms with Crippen molar-refractivity contribution in [3.63, 3.8) is 0 Å². The Morgan fingerprint density at radius 2 is 1.70 bits per heavy atom. The molecule has 1 amide bonds. The second-order valence-electron chi connectivity index (χ2n) is 7.16. The summed E-state index contributed by atoms with van der Waals surface area (Å²) in [6.45, 7) is 0. The third kappa shape index (κ3) is 3.66. The molecule has 2 aliphatic rings. The molecule has 1 atom stereocenters. The lowest BCUT2D eigenvalue weighted by Crippen LogP contribution is -2.41. The van der Waals surface area contributed by atoms with Gasteiger partial charge in [-0.3, -0.25) is 9.79 Å². The largest absolute Gasteiger partial charge is 0.271 e. The van der Waals surface area contributed by atoms with E-state index in [1.165, 1.54) is 11.8 Å². The van der Waals surface area contributed by atoms with Gasteiger partial charge in [0.1, 0.15) is 11.9 Å². The molecule has 6 heteroatoms. The minimum atomic E-state index is -0.439. The Hall–Kier alpha value is -2.89. The van der Waals surface area contributed by atoms with E-state index in [0.717, 1.165) is 22.4 Å². The van der Waals surface area contributed by atoms with Gasteiger partial charge in [-0.2, -0.15) is 0 Å². The SMILES string of the molecule is O=C1[C@H](Cc2ccccc2)N=C2c3ccccc3N=C(SCc3cccc(Cl)c3)N12. The predicted molar refractivity (Wildman–Crippen MR) is 124 cm³/mol. The van der Waals surface area contributed by atoms with Crippen molar-refractivity contribution in [3.05, 3.63) is 101 Å². The van der Waals surface area contributed by atoms with Crippen molar-refractivity contribution in [3.8, 4) is 0 Å². The monoisotopic (exact) mass is 431 g/mol. The normalized spacial score (nSPS) is 17.3. The number of fused-ring (bicyclic) bond motifs is 3. The number of amides is 1. The molecule has 0 saturated carbocycles. The molecule has 0 saturated heterocycles. The van der Waals surface area contributed by atoms with Crippen molar-refractivity contribution < 1.29 is 4.79 Å². The minimum absolute atomic E-state index is 0.0271. The molecule has 0 radical (unpaired) electrons. The van der Waals surface area contributed by atoms with Crippen molar-refractivity contribution >= 4 is 46.0 Å². The van der Waals surface area contributed by atoms with Gasteiger partial charge in [0.15, 0.2) is 5.17 Å². The molecule has 5 rings (SSSR count). The van der Waals surface area contributed by atoms with E-state index in [-0.39, 0.29) is 5.91 Å². The van der Waals surface area contributed by atoms with E-state index in [2.05, 4.69) is 0 Å². The van der Waals surface area contributed by atoms with Crippen LogP contribution >= 0.6 is 23.4 Å². The second-order valence-corrected chi connectivity index (χ2v) is 8.54. The summed E-state index contributed by atoms with van der Waals surface area (Å²) in [4.78, 5) is 24.6.